The van der Waals surface area contributed by atoms with Crippen LogP contribution in [0.2, 0.25) is 0 Å². The van der Waals surface area contributed by atoms with E-state index in [-0.39, 0.29) is 24.0 Å². The van der Waals surface area contributed by atoms with Gasteiger partial charge in [0.05, 0.1) is 7.11 Å². The van der Waals surface area contributed by atoms with Crippen LogP contribution in [-0.2, 0) is 4.79 Å². The number of ether oxygens (including phenoxy) is 1. The van der Waals surface area contributed by atoms with Crippen molar-refractivity contribution in [1.29, 1.82) is 0 Å². The molecule has 2 unspecified atom stereocenters. The number of hydrogen-bond donors (Lipinski definition) is 4. The number of aliphatic hydroxyl groups excluding tert-OH is 2. The molecule has 1 rings (SSSR count). The molecule has 0 heterocycles. The summed E-state index contributed by atoms with van der Waals surface area (Å²) in [6.07, 6.45) is -2.38. The highest BCUT2D eigenvalue weighted by atomic mass is 16.5. The van der Waals surface area contributed by atoms with E-state index in [0.29, 0.717) is 5.56 Å². The van der Waals surface area contributed by atoms with Gasteiger partial charge in [0.1, 0.15) is 23.7 Å². The van der Waals surface area contributed by atoms with Crippen LogP contribution in [0.3, 0.4) is 0 Å². The van der Waals surface area contributed by atoms with Gasteiger partial charge >= 0.3 is 0 Å². The van der Waals surface area contributed by atoms with Gasteiger partial charge < -0.3 is 25.4 Å². The van der Waals surface area contributed by atoms with E-state index in [9.17, 15) is 20.1 Å². The van der Waals surface area contributed by atoms with Crippen molar-refractivity contribution in [2.24, 2.45) is 0 Å². The standard InChI is InChI=1S/C12H17NO5/c1-7(14)13-6-10(16)12(17)9-4-3-8(15)5-11(9)18-2/h3-5,10,12,15-17H,6H2,1-2H3,(H,13,14). The Morgan fingerprint density at radius 2 is 2.11 bits per heavy atom. The third-order valence-electron chi connectivity index (χ3n) is 2.46. The van der Waals surface area contributed by atoms with E-state index in [1.807, 2.05) is 0 Å². The first-order chi connectivity index (χ1) is 8.45. The van der Waals surface area contributed by atoms with Crippen LogP contribution in [0.25, 0.3) is 0 Å². The van der Waals surface area contributed by atoms with Gasteiger partial charge in [-0.15, -0.1) is 0 Å². The number of nitrogens with one attached hydrogen (secondary N) is 1. The first-order valence-corrected chi connectivity index (χ1v) is 5.43. The van der Waals surface area contributed by atoms with Crippen molar-refractivity contribution in [3.63, 3.8) is 0 Å². The van der Waals surface area contributed by atoms with E-state index < -0.39 is 12.2 Å². The number of aliphatic hydroxyl groups is 2. The molecule has 6 heteroatoms. The molecule has 0 saturated carbocycles. The van der Waals surface area contributed by atoms with E-state index >= 15 is 0 Å². The van der Waals surface area contributed by atoms with Crippen molar-refractivity contribution in [1.82, 2.24) is 5.32 Å². The van der Waals surface area contributed by atoms with E-state index in [1.165, 1.54) is 32.2 Å². The van der Waals surface area contributed by atoms with Crippen molar-refractivity contribution in [2.75, 3.05) is 13.7 Å². The fraction of sp³-hybridized carbons (Fsp3) is 0.417. The van der Waals surface area contributed by atoms with Crippen LogP contribution in [0.15, 0.2) is 18.2 Å². The number of phenolic OH excluding ortho intramolecular Hbond substituents is 1. The summed E-state index contributed by atoms with van der Waals surface area (Å²) < 4.78 is 5.00. The predicted molar refractivity (Wildman–Crippen MR) is 64.3 cm³/mol. The molecule has 0 spiro atoms. The monoisotopic (exact) mass is 255 g/mol. The van der Waals surface area contributed by atoms with Crippen LogP contribution in [0.4, 0.5) is 0 Å². The van der Waals surface area contributed by atoms with Gasteiger partial charge in [-0.3, -0.25) is 4.79 Å². The highest BCUT2D eigenvalue weighted by Gasteiger charge is 2.22. The van der Waals surface area contributed by atoms with E-state index in [2.05, 4.69) is 5.32 Å². The second-order valence-corrected chi connectivity index (χ2v) is 3.88. The summed E-state index contributed by atoms with van der Waals surface area (Å²) in [6.45, 7) is 1.25. The molecule has 0 saturated heterocycles. The van der Waals surface area contributed by atoms with Crippen molar-refractivity contribution in [3.05, 3.63) is 23.8 Å². The fourth-order valence-electron chi connectivity index (χ4n) is 1.51. The van der Waals surface area contributed by atoms with Gasteiger partial charge in [0.25, 0.3) is 0 Å². The molecule has 0 aliphatic carbocycles. The minimum atomic E-state index is -1.22. The Kier molecular flexibility index (Phi) is 4.94. The SMILES string of the molecule is COc1cc(O)ccc1C(O)C(O)CNC(C)=O. The molecule has 0 fully saturated rings. The van der Waals surface area contributed by atoms with Crippen LogP contribution < -0.4 is 10.1 Å². The van der Waals surface area contributed by atoms with Crippen LogP contribution in [0, 0.1) is 0 Å². The third-order valence-corrected chi connectivity index (χ3v) is 2.46. The number of benzene rings is 1. The molecule has 4 N–H and O–H groups in total. The Balaban J connectivity index is 2.82. The predicted octanol–water partition coefficient (Wildman–Crippen LogP) is -0.0688. The third kappa shape index (κ3) is 3.61. The lowest BCUT2D eigenvalue weighted by molar-refractivity contribution is -0.119. The van der Waals surface area contributed by atoms with Crippen molar-refractivity contribution in [2.45, 2.75) is 19.1 Å². The number of aromatic hydroxyl groups is 1. The number of rotatable bonds is 5. The molecule has 18 heavy (non-hydrogen) atoms. The summed E-state index contributed by atoms with van der Waals surface area (Å²) in [5, 5.41) is 31.4. The molecule has 0 radical (unpaired) electrons. The molecule has 0 aromatic heterocycles. The van der Waals surface area contributed by atoms with Gasteiger partial charge in [-0.2, -0.15) is 0 Å². The summed E-state index contributed by atoms with van der Waals surface area (Å²) in [5.41, 5.74) is 0.341. The van der Waals surface area contributed by atoms with Crippen molar-refractivity contribution in [3.8, 4) is 11.5 Å². The molecule has 1 amide bonds. The maximum Gasteiger partial charge on any atom is 0.216 e. The molecule has 100 valence electrons. The molecule has 0 bridgehead atoms. The van der Waals surface area contributed by atoms with Gasteiger partial charge in [-0.05, 0) is 12.1 Å². The minimum Gasteiger partial charge on any atom is -0.508 e. The Labute approximate surface area is 105 Å². The maximum absolute atomic E-state index is 10.7. The average molecular weight is 255 g/mol. The van der Waals surface area contributed by atoms with E-state index in [4.69, 9.17) is 4.74 Å². The quantitative estimate of drug-likeness (QED) is 0.590. The van der Waals surface area contributed by atoms with Crippen LogP contribution in [0.1, 0.15) is 18.6 Å². The second-order valence-electron chi connectivity index (χ2n) is 3.88. The Bertz CT molecular complexity index is 421. The smallest absolute Gasteiger partial charge is 0.216 e. The molecule has 1 aromatic rings. The van der Waals surface area contributed by atoms with Gasteiger partial charge in [-0.25, -0.2) is 0 Å². The zero-order valence-electron chi connectivity index (χ0n) is 10.3. The Hall–Kier alpha value is -1.79. The molecular weight excluding hydrogens is 238 g/mol. The molecule has 1 aromatic carbocycles. The topological polar surface area (TPSA) is 99.0 Å². The fourth-order valence-corrected chi connectivity index (χ4v) is 1.51. The lowest BCUT2D eigenvalue weighted by Crippen LogP contribution is -2.34. The number of hydrogen-bond acceptors (Lipinski definition) is 5. The maximum atomic E-state index is 10.7. The van der Waals surface area contributed by atoms with E-state index in [1.54, 1.807) is 0 Å². The molecular formula is C12H17NO5. The molecule has 2 atom stereocenters. The number of phenols is 1. The highest BCUT2D eigenvalue weighted by molar-refractivity contribution is 5.72. The zero-order chi connectivity index (χ0) is 13.7. The first kappa shape index (κ1) is 14.3. The van der Waals surface area contributed by atoms with Gasteiger partial charge in [0.15, 0.2) is 0 Å². The molecule has 0 aliphatic heterocycles. The number of methoxy groups -OCH3 is 1. The Morgan fingerprint density at radius 3 is 2.67 bits per heavy atom. The Morgan fingerprint density at radius 1 is 1.44 bits per heavy atom. The summed E-state index contributed by atoms with van der Waals surface area (Å²) in [4.78, 5) is 10.7. The lowest BCUT2D eigenvalue weighted by atomic mass is 10.0. The summed E-state index contributed by atoms with van der Waals surface area (Å²) in [7, 11) is 1.39. The zero-order valence-corrected chi connectivity index (χ0v) is 10.3. The van der Waals surface area contributed by atoms with E-state index in [0.717, 1.165) is 0 Å². The summed E-state index contributed by atoms with van der Waals surface area (Å²) in [6, 6.07) is 4.17. The van der Waals surface area contributed by atoms with Crippen LogP contribution in [0.5, 0.6) is 11.5 Å². The lowest BCUT2D eigenvalue weighted by Gasteiger charge is -2.20. The normalized spacial score (nSPS) is 13.8. The first-order valence-electron chi connectivity index (χ1n) is 5.43. The summed E-state index contributed by atoms with van der Waals surface area (Å²) in [5.74, 6) is -0.0255. The highest BCUT2D eigenvalue weighted by Crippen LogP contribution is 2.30. The van der Waals surface area contributed by atoms with Crippen LogP contribution >= 0.6 is 0 Å². The van der Waals surface area contributed by atoms with Gasteiger partial charge in [0, 0.05) is 25.1 Å². The number of amides is 1. The minimum absolute atomic E-state index is 0.000786. The van der Waals surface area contributed by atoms with Crippen molar-refractivity contribution >= 4 is 5.91 Å². The number of carbonyl (C=O) groups is 1. The molecule has 0 aliphatic rings. The van der Waals surface area contributed by atoms with Crippen molar-refractivity contribution < 1.29 is 24.9 Å². The number of carbonyl (C=O) groups excluding carboxylic acids is 1. The largest absolute Gasteiger partial charge is 0.508 e. The molecule has 6 nitrogen and oxygen atoms in total. The van der Waals surface area contributed by atoms with Gasteiger partial charge in [0.2, 0.25) is 5.91 Å². The second kappa shape index (κ2) is 6.23. The average Bonchev–Trinajstić information content (AvgIpc) is 2.34. The summed E-state index contributed by atoms with van der Waals surface area (Å²) >= 11 is 0. The van der Waals surface area contributed by atoms with Gasteiger partial charge in [-0.1, -0.05) is 0 Å². The van der Waals surface area contributed by atoms with Crippen LogP contribution in [-0.4, -0.2) is 41.0 Å².